The van der Waals surface area contributed by atoms with Crippen LogP contribution in [0.15, 0.2) is 0 Å². The smallest absolute Gasteiger partial charge is 0.301 e. The van der Waals surface area contributed by atoms with Crippen LogP contribution >= 0.6 is 0 Å². The molecule has 0 heterocycles. The van der Waals surface area contributed by atoms with Crippen molar-refractivity contribution in [1.82, 2.24) is 0 Å². The maximum Gasteiger partial charge on any atom is 0.345 e. The third-order valence-electron chi connectivity index (χ3n) is 1.86. The monoisotopic (exact) mass is 206 g/mol. The molecule has 0 fully saturated rings. The van der Waals surface area contributed by atoms with Crippen LogP contribution in [0.3, 0.4) is 0 Å². The highest BCUT2D eigenvalue weighted by Gasteiger charge is 2.20. The Labute approximate surface area is 81.3 Å². The van der Waals surface area contributed by atoms with Crippen molar-refractivity contribution >= 4 is 11.9 Å². The number of hydrogen-bond donors (Lipinski definition) is 2. The molecule has 6 nitrogen and oxygen atoms in total. The molecule has 0 saturated carbocycles. The molecule has 0 amide bonds. The molecule has 0 rings (SSSR count). The zero-order chi connectivity index (χ0) is 11.0. The topological polar surface area (TPSA) is 93.1 Å². The number of carbonyl (C=O) groups excluding carboxylic acids is 2. The molecule has 14 heavy (non-hydrogen) atoms. The van der Waals surface area contributed by atoms with E-state index in [2.05, 4.69) is 9.78 Å². The minimum atomic E-state index is -0.808. The molecule has 0 spiro atoms. The molecule has 0 aliphatic rings. The summed E-state index contributed by atoms with van der Waals surface area (Å²) in [5, 5.41) is 16.1. The molecule has 0 aromatic rings. The fraction of sp³-hybridized carbons (Fsp3) is 0.750. The first kappa shape index (κ1) is 12.9. The summed E-state index contributed by atoms with van der Waals surface area (Å²) in [5.74, 6) is -2.11. The van der Waals surface area contributed by atoms with Crippen molar-refractivity contribution in [2.75, 3.05) is 0 Å². The van der Waals surface area contributed by atoms with Gasteiger partial charge >= 0.3 is 11.9 Å². The second-order valence-electron chi connectivity index (χ2n) is 2.90. The van der Waals surface area contributed by atoms with E-state index in [-0.39, 0.29) is 12.8 Å². The number of carbonyl (C=O) groups is 2. The molecule has 0 aromatic heterocycles. The van der Waals surface area contributed by atoms with Crippen molar-refractivity contribution in [1.29, 1.82) is 0 Å². The van der Waals surface area contributed by atoms with Gasteiger partial charge in [0.2, 0.25) is 0 Å². The molecule has 1 unspecified atom stereocenters. The Morgan fingerprint density at radius 3 is 2.29 bits per heavy atom. The first-order valence-corrected chi connectivity index (χ1v) is 4.35. The van der Waals surface area contributed by atoms with Crippen molar-refractivity contribution in [3.63, 3.8) is 0 Å². The van der Waals surface area contributed by atoms with Crippen LogP contribution < -0.4 is 0 Å². The second kappa shape index (κ2) is 7.28. The van der Waals surface area contributed by atoms with Gasteiger partial charge in [0.05, 0.1) is 5.92 Å². The predicted molar refractivity (Wildman–Crippen MR) is 45.1 cm³/mol. The van der Waals surface area contributed by atoms with Crippen LogP contribution in [0.5, 0.6) is 0 Å². The molecule has 0 aromatic carbocycles. The third kappa shape index (κ3) is 4.78. The van der Waals surface area contributed by atoms with Gasteiger partial charge in [0, 0.05) is 6.42 Å². The van der Waals surface area contributed by atoms with Gasteiger partial charge in [-0.15, -0.1) is 0 Å². The van der Waals surface area contributed by atoms with Crippen molar-refractivity contribution in [2.24, 2.45) is 5.92 Å². The van der Waals surface area contributed by atoms with Gasteiger partial charge in [-0.1, -0.05) is 13.3 Å². The van der Waals surface area contributed by atoms with Crippen LogP contribution in [0.25, 0.3) is 0 Å². The largest absolute Gasteiger partial charge is 0.345 e. The molecule has 0 bridgehead atoms. The Kier molecular flexibility index (Phi) is 6.69. The molecule has 0 saturated heterocycles. The van der Waals surface area contributed by atoms with Gasteiger partial charge in [-0.05, 0) is 12.8 Å². The summed E-state index contributed by atoms with van der Waals surface area (Å²) >= 11 is 0. The summed E-state index contributed by atoms with van der Waals surface area (Å²) in [6.07, 6.45) is 1.34. The van der Waals surface area contributed by atoms with E-state index in [1.165, 1.54) is 0 Å². The summed E-state index contributed by atoms with van der Waals surface area (Å²) in [7, 11) is 0. The molecule has 0 aliphatic heterocycles. The molecule has 0 radical (unpaired) electrons. The average Bonchev–Trinajstić information content (AvgIpc) is 2.22. The second-order valence-corrected chi connectivity index (χ2v) is 2.90. The summed E-state index contributed by atoms with van der Waals surface area (Å²) in [6, 6.07) is 0. The van der Waals surface area contributed by atoms with Gasteiger partial charge < -0.3 is 9.78 Å². The molecule has 1 atom stereocenters. The van der Waals surface area contributed by atoms with Crippen LogP contribution in [-0.2, 0) is 19.4 Å². The van der Waals surface area contributed by atoms with E-state index >= 15 is 0 Å². The molecule has 0 aliphatic carbocycles. The first-order chi connectivity index (χ1) is 6.65. The Morgan fingerprint density at radius 2 is 1.86 bits per heavy atom. The Morgan fingerprint density at radius 1 is 1.21 bits per heavy atom. The molecular formula is C8H14O6. The summed E-state index contributed by atoms with van der Waals surface area (Å²) in [4.78, 5) is 28.5. The van der Waals surface area contributed by atoms with Crippen molar-refractivity contribution in [3.05, 3.63) is 0 Å². The van der Waals surface area contributed by atoms with E-state index < -0.39 is 17.9 Å². The molecule has 82 valence electrons. The lowest BCUT2D eigenvalue weighted by atomic mass is 9.98. The molecule has 2 N–H and O–H groups in total. The quantitative estimate of drug-likeness (QED) is 0.501. The standard InChI is InChI=1S/C8H14O6/c1-2-3-6(8(10)14-12)4-5-7(9)13-11/h6,11-12H,2-5H2,1H3. The van der Waals surface area contributed by atoms with Gasteiger partial charge in [-0.25, -0.2) is 9.59 Å². The highest BCUT2D eigenvalue weighted by atomic mass is 17.1. The van der Waals surface area contributed by atoms with E-state index in [9.17, 15) is 9.59 Å². The lowest BCUT2D eigenvalue weighted by Crippen LogP contribution is -2.18. The minimum absolute atomic E-state index is 0.0870. The van der Waals surface area contributed by atoms with Crippen LogP contribution in [0.2, 0.25) is 0 Å². The van der Waals surface area contributed by atoms with Gasteiger partial charge in [0.1, 0.15) is 0 Å². The van der Waals surface area contributed by atoms with Crippen molar-refractivity contribution < 1.29 is 29.9 Å². The third-order valence-corrected chi connectivity index (χ3v) is 1.86. The highest BCUT2D eigenvalue weighted by molar-refractivity contribution is 5.73. The summed E-state index contributed by atoms with van der Waals surface area (Å²) in [5.41, 5.74) is 0. The normalized spacial score (nSPS) is 11.9. The predicted octanol–water partition coefficient (Wildman–Crippen LogP) is 1.22. The van der Waals surface area contributed by atoms with Gasteiger partial charge in [-0.2, -0.15) is 10.5 Å². The van der Waals surface area contributed by atoms with E-state index in [4.69, 9.17) is 10.5 Å². The SMILES string of the molecule is CCCC(CCC(=O)OO)C(=O)OO. The van der Waals surface area contributed by atoms with E-state index in [1.54, 1.807) is 0 Å². The molecular weight excluding hydrogens is 192 g/mol. The van der Waals surface area contributed by atoms with Crippen LogP contribution in [-0.4, -0.2) is 22.5 Å². The average molecular weight is 206 g/mol. The fourth-order valence-corrected chi connectivity index (χ4v) is 1.14. The Bertz CT molecular complexity index is 190. The molecule has 6 heteroatoms. The van der Waals surface area contributed by atoms with Gasteiger partial charge in [0.25, 0.3) is 0 Å². The van der Waals surface area contributed by atoms with Gasteiger partial charge in [-0.3, -0.25) is 0 Å². The van der Waals surface area contributed by atoms with Gasteiger partial charge in [0.15, 0.2) is 0 Å². The fourth-order valence-electron chi connectivity index (χ4n) is 1.14. The highest BCUT2D eigenvalue weighted by Crippen LogP contribution is 2.15. The Balaban J connectivity index is 3.96. The summed E-state index contributed by atoms with van der Waals surface area (Å²) < 4.78 is 0. The van der Waals surface area contributed by atoms with Crippen LogP contribution in [0, 0.1) is 5.92 Å². The lowest BCUT2D eigenvalue weighted by Gasteiger charge is -2.10. The van der Waals surface area contributed by atoms with E-state index in [0.29, 0.717) is 6.42 Å². The Hall–Kier alpha value is -1.14. The zero-order valence-corrected chi connectivity index (χ0v) is 7.93. The zero-order valence-electron chi connectivity index (χ0n) is 7.93. The maximum atomic E-state index is 10.9. The van der Waals surface area contributed by atoms with E-state index in [0.717, 1.165) is 6.42 Å². The van der Waals surface area contributed by atoms with Crippen molar-refractivity contribution in [2.45, 2.75) is 32.6 Å². The minimum Gasteiger partial charge on any atom is -0.301 e. The van der Waals surface area contributed by atoms with Crippen LogP contribution in [0.4, 0.5) is 0 Å². The number of hydrogen-bond acceptors (Lipinski definition) is 6. The summed E-state index contributed by atoms with van der Waals surface area (Å²) in [6.45, 7) is 1.86. The first-order valence-electron chi connectivity index (χ1n) is 4.35. The number of rotatable bonds is 6. The maximum absolute atomic E-state index is 10.9. The van der Waals surface area contributed by atoms with Crippen molar-refractivity contribution in [3.8, 4) is 0 Å². The lowest BCUT2D eigenvalue weighted by molar-refractivity contribution is -0.241. The van der Waals surface area contributed by atoms with Crippen LogP contribution in [0.1, 0.15) is 32.6 Å². The van der Waals surface area contributed by atoms with E-state index in [1.807, 2.05) is 6.92 Å².